The third kappa shape index (κ3) is 2.12. The van der Waals surface area contributed by atoms with Crippen LogP contribution in [0.5, 0.6) is 0 Å². The van der Waals surface area contributed by atoms with Crippen LogP contribution >= 0.6 is 0 Å². The van der Waals surface area contributed by atoms with Gasteiger partial charge in [0.2, 0.25) is 0 Å². The maximum absolute atomic E-state index is 12.8. The van der Waals surface area contributed by atoms with E-state index in [0.29, 0.717) is 4.90 Å². The fourth-order valence-corrected chi connectivity index (χ4v) is 1.82. The van der Waals surface area contributed by atoms with Gasteiger partial charge in [-0.3, -0.25) is 19.5 Å². The minimum atomic E-state index is -1.49. The second-order valence-electron chi connectivity index (χ2n) is 4.20. The van der Waals surface area contributed by atoms with Crippen molar-refractivity contribution in [2.45, 2.75) is 12.5 Å². The highest BCUT2D eigenvalue weighted by atomic mass is 19.1. The van der Waals surface area contributed by atoms with Gasteiger partial charge in [0.15, 0.2) is 5.54 Å². The van der Waals surface area contributed by atoms with Crippen molar-refractivity contribution in [1.82, 2.24) is 15.2 Å². The van der Waals surface area contributed by atoms with E-state index in [0.717, 1.165) is 12.3 Å². The molecule has 1 aliphatic rings. The third-order valence-electron chi connectivity index (χ3n) is 2.81. The Bertz CT molecular complexity index is 560. The van der Waals surface area contributed by atoms with Gasteiger partial charge >= 0.3 is 12.0 Å². The first kappa shape index (κ1) is 12.9. The normalized spacial score (nSPS) is 22.5. The van der Waals surface area contributed by atoms with E-state index in [1.165, 1.54) is 13.0 Å². The topological polar surface area (TPSA) is 99.6 Å². The fourth-order valence-electron chi connectivity index (χ4n) is 1.82. The number of rotatable bonds is 3. The summed E-state index contributed by atoms with van der Waals surface area (Å²) in [7, 11) is 0. The van der Waals surface area contributed by atoms with Crippen LogP contribution in [0, 0.1) is 5.82 Å². The molecule has 2 N–H and O–H groups in total. The van der Waals surface area contributed by atoms with E-state index >= 15 is 0 Å². The predicted octanol–water partition coefficient (Wildman–Crippen LogP) is 0.0723. The number of pyridine rings is 1. The summed E-state index contributed by atoms with van der Waals surface area (Å²) in [6.07, 6.45) is 0.917. The number of carboxylic acids is 1. The molecule has 0 aromatic carbocycles. The molecule has 1 aromatic heterocycles. The summed E-state index contributed by atoms with van der Waals surface area (Å²) >= 11 is 0. The Kier molecular flexibility index (Phi) is 2.93. The quantitative estimate of drug-likeness (QED) is 0.755. The molecule has 0 bridgehead atoms. The van der Waals surface area contributed by atoms with Gasteiger partial charge < -0.3 is 10.4 Å². The van der Waals surface area contributed by atoms with Crippen LogP contribution in [0.1, 0.15) is 12.6 Å². The Hall–Kier alpha value is -2.51. The average Bonchev–Trinajstić information content (AvgIpc) is 2.54. The van der Waals surface area contributed by atoms with E-state index in [1.807, 2.05) is 0 Å². The molecule has 2 rings (SSSR count). The molecule has 0 spiro atoms. The smallest absolute Gasteiger partial charge is 0.325 e. The van der Waals surface area contributed by atoms with Crippen LogP contribution in [0.15, 0.2) is 18.3 Å². The highest BCUT2D eigenvalue weighted by Gasteiger charge is 2.50. The number of aliphatic carboxylic acids is 1. The second kappa shape index (κ2) is 4.30. The van der Waals surface area contributed by atoms with Crippen molar-refractivity contribution in [2.24, 2.45) is 0 Å². The molecule has 0 saturated carbocycles. The van der Waals surface area contributed by atoms with Crippen LogP contribution in [-0.2, 0) is 15.1 Å². The van der Waals surface area contributed by atoms with Gasteiger partial charge in [-0.2, -0.15) is 0 Å². The first-order valence-electron chi connectivity index (χ1n) is 5.32. The minimum absolute atomic E-state index is 0.139. The first-order valence-corrected chi connectivity index (χ1v) is 5.32. The molecule has 3 amide bonds. The molecule has 8 heteroatoms. The van der Waals surface area contributed by atoms with Crippen LogP contribution in [-0.4, -0.2) is 39.4 Å². The Morgan fingerprint density at radius 3 is 2.74 bits per heavy atom. The minimum Gasteiger partial charge on any atom is -0.480 e. The number of carbonyl (C=O) groups excluding carboxylic acids is 2. The van der Waals surface area contributed by atoms with Crippen LogP contribution < -0.4 is 5.32 Å². The van der Waals surface area contributed by atoms with Gasteiger partial charge in [-0.1, -0.05) is 0 Å². The van der Waals surface area contributed by atoms with Gasteiger partial charge in [-0.05, 0) is 19.1 Å². The van der Waals surface area contributed by atoms with Crippen LogP contribution in [0.4, 0.5) is 9.18 Å². The van der Waals surface area contributed by atoms with Gasteiger partial charge in [-0.25, -0.2) is 9.18 Å². The maximum Gasteiger partial charge on any atom is 0.325 e. The SMILES string of the molecule is CC1(c2ccc(F)cn2)NC(=O)N(CC(=O)O)C1=O. The summed E-state index contributed by atoms with van der Waals surface area (Å²) in [6, 6.07) is 1.55. The molecule has 1 saturated heterocycles. The number of urea groups is 1. The highest BCUT2D eigenvalue weighted by Crippen LogP contribution is 2.27. The van der Waals surface area contributed by atoms with Crippen LogP contribution in [0.2, 0.25) is 0 Å². The lowest BCUT2D eigenvalue weighted by Gasteiger charge is -2.20. The summed E-state index contributed by atoms with van der Waals surface area (Å²) in [5, 5.41) is 11.0. The molecule has 0 radical (unpaired) electrons. The molecule has 1 aromatic rings. The fraction of sp³-hybridized carbons (Fsp3) is 0.273. The van der Waals surface area contributed by atoms with Crippen molar-refractivity contribution < 1.29 is 23.9 Å². The zero-order chi connectivity index (χ0) is 14.2. The predicted molar refractivity (Wildman–Crippen MR) is 59.4 cm³/mol. The number of nitrogens with zero attached hydrogens (tertiary/aromatic N) is 2. The number of imide groups is 1. The lowest BCUT2D eigenvalue weighted by atomic mass is 9.97. The van der Waals surface area contributed by atoms with E-state index in [-0.39, 0.29) is 5.69 Å². The van der Waals surface area contributed by atoms with E-state index < -0.39 is 35.8 Å². The number of halogens is 1. The van der Waals surface area contributed by atoms with Crippen molar-refractivity contribution in [1.29, 1.82) is 0 Å². The zero-order valence-corrected chi connectivity index (χ0v) is 9.88. The number of amides is 3. The van der Waals surface area contributed by atoms with E-state index in [2.05, 4.69) is 10.3 Å². The maximum atomic E-state index is 12.8. The summed E-state index contributed by atoms with van der Waals surface area (Å²) < 4.78 is 12.8. The van der Waals surface area contributed by atoms with Gasteiger partial charge in [0, 0.05) is 0 Å². The molecule has 1 atom stereocenters. The van der Waals surface area contributed by atoms with Gasteiger partial charge in [0.05, 0.1) is 11.9 Å². The summed E-state index contributed by atoms with van der Waals surface area (Å²) in [6.45, 7) is 0.650. The van der Waals surface area contributed by atoms with E-state index in [4.69, 9.17) is 5.11 Å². The molecule has 1 unspecified atom stereocenters. The Morgan fingerprint density at radius 2 is 2.21 bits per heavy atom. The Labute approximate surface area is 107 Å². The molecule has 19 heavy (non-hydrogen) atoms. The number of hydrogen-bond acceptors (Lipinski definition) is 4. The molecule has 7 nitrogen and oxygen atoms in total. The summed E-state index contributed by atoms with van der Waals surface area (Å²) in [4.78, 5) is 38.6. The average molecular weight is 267 g/mol. The number of aromatic nitrogens is 1. The summed E-state index contributed by atoms with van der Waals surface area (Å²) in [5.74, 6) is -2.62. The van der Waals surface area contributed by atoms with Crippen LogP contribution in [0.3, 0.4) is 0 Å². The van der Waals surface area contributed by atoms with E-state index in [1.54, 1.807) is 0 Å². The van der Waals surface area contributed by atoms with Crippen LogP contribution in [0.25, 0.3) is 0 Å². The number of carbonyl (C=O) groups is 3. The van der Waals surface area contributed by atoms with Gasteiger partial charge in [-0.15, -0.1) is 0 Å². The number of nitrogens with one attached hydrogen (secondary N) is 1. The number of carboxylic acid groups (broad SMARTS) is 1. The third-order valence-corrected chi connectivity index (χ3v) is 2.81. The zero-order valence-electron chi connectivity index (χ0n) is 9.88. The highest BCUT2D eigenvalue weighted by molar-refractivity contribution is 6.08. The molecule has 1 fully saturated rings. The van der Waals surface area contributed by atoms with Crippen molar-refractivity contribution in [2.75, 3.05) is 6.54 Å². The van der Waals surface area contributed by atoms with Crippen molar-refractivity contribution in [3.05, 3.63) is 29.8 Å². The number of hydrogen-bond donors (Lipinski definition) is 2. The second-order valence-corrected chi connectivity index (χ2v) is 4.20. The Balaban J connectivity index is 2.35. The lowest BCUT2D eigenvalue weighted by molar-refractivity contribution is -0.142. The molecule has 0 aliphatic carbocycles. The van der Waals surface area contributed by atoms with E-state index in [9.17, 15) is 18.8 Å². The molecular formula is C11H10FN3O4. The van der Waals surface area contributed by atoms with Crippen molar-refractivity contribution in [3.63, 3.8) is 0 Å². The van der Waals surface area contributed by atoms with Crippen molar-refractivity contribution in [3.8, 4) is 0 Å². The molecule has 100 valence electrons. The van der Waals surface area contributed by atoms with Gasteiger partial charge in [0.1, 0.15) is 12.4 Å². The first-order chi connectivity index (χ1) is 8.84. The molecule has 1 aliphatic heterocycles. The standard InChI is InChI=1S/C11H10FN3O4/c1-11(7-3-2-6(12)4-13-7)9(18)15(5-8(16)17)10(19)14-11/h2-4H,5H2,1H3,(H,14,19)(H,16,17). The molecule has 2 heterocycles. The largest absolute Gasteiger partial charge is 0.480 e. The molecular weight excluding hydrogens is 257 g/mol. The van der Waals surface area contributed by atoms with Gasteiger partial charge in [0.25, 0.3) is 5.91 Å². The monoisotopic (exact) mass is 267 g/mol. The summed E-state index contributed by atoms with van der Waals surface area (Å²) in [5.41, 5.74) is -1.35. The van der Waals surface area contributed by atoms with Crippen molar-refractivity contribution >= 4 is 17.9 Å². The Morgan fingerprint density at radius 1 is 1.53 bits per heavy atom. The lowest BCUT2D eigenvalue weighted by Crippen LogP contribution is -2.42.